The van der Waals surface area contributed by atoms with E-state index in [-0.39, 0.29) is 5.11 Å². The van der Waals surface area contributed by atoms with Crippen molar-refractivity contribution in [1.29, 1.82) is 0 Å². The van der Waals surface area contributed by atoms with Crippen molar-refractivity contribution >= 4 is 75.6 Å². The van der Waals surface area contributed by atoms with Gasteiger partial charge >= 0.3 is 0 Å². The highest BCUT2D eigenvalue weighted by atomic mass is 35.6. The monoisotopic (exact) mass is 329 g/mol. The summed E-state index contributed by atoms with van der Waals surface area (Å²) in [4.78, 5) is 0. The van der Waals surface area contributed by atoms with E-state index in [1.54, 1.807) is 24.3 Å². The average molecular weight is 331 g/mol. The molecule has 0 bridgehead atoms. The van der Waals surface area contributed by atoms with Gasteiger partial charge in [-0.15, -0.1) is 0 Å². The summed E-state index contributed by atoms with van der Waals surface area (Å²) in [6.45, 7) is 0. The van der Waals surface area contributed by atoms with Crippen molar-refractivity contribution < 1.29 is 0 Å². The number of thiocarbonyl (C=S) groups is 1. The van der Waals surface area contributed by atoms with Crippen LogP contribution in [0.4, 0.5) is 5.69 Å². The smallest absolute Gasteiger partial charge is 0.227 e. The van der Waals surface area contributed by atoms with Crippen LogP contribution in [0.3, 0.4) is 0 Å². The highest BCUT2D eigenvalue weighted by Gasteiger charge is 2.15. The molecule has 0 atom stereocenters. The quantitative estimate of drug-likeness (QED) is 0.372. The van der Waals surface area contributed by atoms with E-state index in [9.17, 15) is 0 Å². The highest BCUT2D eigenvalue weighted by Crippen LogP contribution is 2.22. The van der Waals surface area contributed by atoms with Gasteiger partial charge in [-0.2, -0.15) is 5.10 Å². The number of alkyl halides is 3. The molecular weight excluding hydrogens is 324 g/mol. The van der Waals surface area contributed by atoms with Crippen molar-refractivity contribution in [1.82, 2.24) is 5.43 Å². The maximum Gasteiger partial charge on any atom is 0.227 e. The van der Waals surface area contributed by atoms with Crippen molar-refractivity contribution in [3.8, 4) is 0 Å². The molecule has 0 aliphatic carbocycles. The van der Waals surface area contributed by atoms with Crippen LogP contribution >= 0.6 is 58.6 Å². The summed E-state index contributed by atoms with van der Waals surface area (Å²) in [5.41, 5.74) is 3.28. The Balaban J connectivity index is 2.45. The van der Waals surface area contributed by atoms with E-state index in [0.717, 1.165) is 11.9 Å². The predicted molar refractivity (Wildman–Crippen MR) is 79.6 cm³/mol. The molecule has 0 unspecified atom stereocenters. The van der Waals surface area contributed by atoms with Gasteiger partial charge in [-0.3, -0.25) is 5.43 Å². The molecule has 0 saturated heterocycles. The number of rotatable bonds is 2. The Morgan fingerprint density at radius 2 is 1.82 bits per heavy atom. The van der Waals surface area contributed by atoms with Gasteiger partial charge < -0.3 is 5.32 Å². The standard InChI is InChI=1S/C9H7Cl4N3S/c10-6-1-3-7(4-2-6)15-8(17)16-14-5-9(11,12)13/h1-5H,(H2,15,16,17)/b14-5+. The Labute approximate surface area is 124 Å². The molecule has 0 fully saturated rings. The minimum absolute atomic E-state index is 0.276. The molecule has 0 aliphatic heterocycles. The number of hydrogen-bond donors (Lipinski definition) is 2. The number of benzene rings is 1. The van der Waals surface area contributed by atoms with Gasteiger partial charge in [-0.25, -0.2) is 0 Å². The Hall–Kier alpha value is -0.260. The Kier molecular flexibility index (Phi) is 5.76. The molecule has 0 heterocycles. The van der Waals surface area contributed by atoms with Crippen molar-refractivity contribution in [2.24, 2.45) is 5.10 Å². The van der Waals surface area contributed by atoms with Crippen LogP contribution < -0.4 is 10.7 Å². The van der Waals surface area contributed by atoms with E-state index in [1.807, 2.05) is 0 Å². The number of anilines is 1. The molecule has 0 saturated carbocycles. The minimum atomic E-state index is -1.55. The maximum atomic E-state index is 5.74. The first kappa shape index (κ1) is 14.8. The average Bonchev–Trinajstić information content (AvgIpc) is 2.19. The molecule has 8 heteroatoms. The summed E-state index contributed by atoms with van der Waals surface area (Å²) >= 11 is 27.1. The van der Waals surface area contributed by atoms with Gasteiger partial charge in [0.1, 0.15) is 0 Å². The summed E-state index contributed by atoms with van der Waals surface area (Å²) in [6.07, 6.45) is 1.10. The van der Waals surface area contributed by atoms with Crippen LogP contribution in [0.5, 0.6) is 0 Å². The molecule has 0 spiro atoms. The zero-order valence-electron chi connectivity index (χ0n) is 8.25. The predicted octanol–water partition coefficient (Wildman–Crippen LogP) is 3.98. The topological polar surface area (TPSA) is 36.4 Å². The first-order chi connectivity index (χ1) is 7.87. The van der Waals surface area contributed by atoms with Gasteiger partial charge in [0.15, 0.2) is 5.11 Å². The molecule has 0 amide bonds. The second-order valence-electron chi connectivity index (χ2n) is 2.87. The van der Waals surface area contributed by atoms with Gasteiger partial charge in [0.05, 0.1) is 6.21 Å². The summed E-state index contributed by atoms with van der Waals surface area (Å²) in [5, 5.41) is 7.45. The second-order valence-corrected chi connectivity index (χ2v) is 6.09. The van der Waals surface area contributed by atoms with E-state index in [1.165, 1.54) is 0 Å². The van der Waals surface area contributed by atoms with Gasteiger partial charge in [-0.05, 0) is 36.5 Å². The fourth-order valence-corrected chi connectivity index (χ4v) is 1.30. The Morgan fingerprint density at radius 1 is 1.24 bits per heavy atom. The summed E-state index contributed by atoms with van der Waals surface area (Å²) in [7, 11) is 0. The fraction of sp³-hybridized carbons (Fsp3) is 0.111. The van der Waals surface area contributed by atoms with E-state index in [4.69, 9.17) is 58.6 Å². The SMILES string of the molecule is S=C(N/N=C/C(Cl)(Cl)Cl)Nc1ccc(Cl)cc1. The summed E-state index contributed by atoms with van der Waals surface area (Å²) < 4.78 is -1.55. The Morgan fingerprint density at radius 3 is 2.35 bits per heavy atom. The van der Waals surface area contributed by atoms with Crippen LogP contribution in [-0.4, -0.2) is 15.1 Å². The third kappa shape index (κ3) is 6.91. The Bertz CT molecular complexity index is 413. The first-order valence-corrected chi connectivity index (χ1v) is 6.22. The zero-order chi connectivity index (χ0) is 12.9. The van der Waals surface area contributed by atoms with Crippen LogP contribution in [0.25, 0.3) is 0 Å². The molecule has 0 radical (unpaired) electrons. The number of hydrazone groups is 1. The van der Waals surface area contributed by atoms with Crippen molar-refractivity contribution in [2.75, 3.05) is 5.32 Å². The lowest BCUT2D eigenvalue weighted by Gasteiger charge is -2.07. The van der Waals surface area contributed by atoms with Crippen LogP contribution in [0.15, 0.2) is 29.4 Å². The van der Waals surface area contributed by atoms with Crippen molar-refractivity contribution in [2.45, 2.75) is 3.79 Å². The van der Waals surface area contributed by atoms with E-state index in [2.05, 4.69) is 15.8 Å². The molecule has 17 heavy (non-hydrogen) atoms. The fourth-order valence-electron chi connectivity index (χ4n) is 0.856. The van der Waals surface area contributed by atoms with Crippen LogP contribution in [0.1, 0.15) is 0 Å². The molecular formula is C9H7Cl4N3S. The third-order valence-electron chi connectivity index (χ3n) is 1.48. The van der Waals surface area contributed by atoms with Gasteiger partial charge in [0, 0.05) is 10.7 Å². The van der Waals surface area contributed by atoms with Crippen molar-refractivity contribution in [3.05, 3.63) is 29.3 Å². The van der Waals surface area contributed by atoms with E-state index < -0.39 is 3.79 Å². The molecule has 1 aromatic rings. The number of hydrogen-bond acceptors (Lipinski definition) is 2. The van der Waals surface area contributed by atoms with Crippen LogP contribution in [0, 0.1) is 0 Å². The minimum Gasteiger partial charge on any atom is -0.331 e. The molecule has 0 aliphatic rings. The van der Waals surface area contributed by atoms with E-state index in [0.29, 0.717) is 5.02 Å². The van der Waals surface area contributed by atoms with Crippen LogP contribution in [-0.2, 0) is 0 Å². The van der Waals surface area contributed by atoms with Crippen molar-refractivity contribution in [3.63, 3.8) is 0 Å². The number of nitrogens with one attached hydrogen (secondary N) is 2. The summed E-state index contributed by atoms with van der Waals surface area (Å²) in [6, 6.07) is 7.01. The van der Waals surface area contributed by atoms with Gasteiger partial charge in [0.25, 0.3) is 0 Å². The van der Waals surface area contributed by atoms with E-state index >= 15 is 0 Å². The summed E-state index contributed by atoms with van der Waals surface area (Å²) in [5.74, 6) is 0. The molecule has 1 rings (SSSR count). The maximum absolute atomic E-state index is 5.74. The lowest BCUT2D eigenvalue weighted by molar-refractivity contribution is 1.04. The molecule has 3 nitrogen and oxygen atoms in total. The molecule has 0 aromatic heterocycles. The lowest BCUT2D eigenvalue weighted by atomic mass is 10.3. The zero-order valence-corrected chi connectivity index (χ0v) is 12.1. The molecule has 2 N–H and O–H groups in total. The third-order valence-corrected chi connectivity index (χ3v) is 2.22. The largest absolute Gasteiger partial charge is 0.331 e. The first-order valence-electron chi connectivity index (χ1n) is 4.30. The normalized spacial score (nSPS) is 11.5. The van der Waals surface area contributed by atoms with Gasteiger partial charge in [-0.1, -0.05) is 46.4 Å². The number of halogens is 4. The number of nitrogens with zero attached hydrogens (tertiary/aromatic N) is 1. The molecule has 1 aromatic carbocycles. The molecule has 92 valence electrons. The second kappa shape index (κ2) is 6.61. The van der Waals surface area contributed by atoms with Gasteiger partial charge in [0.2, 0.25) is 3.79 Å². The lowest BCUT2D eigenvalue weighted by Crippen LogP contribution is -2.24. The van der Waals surface area contributed by atoms with Crippen LogP contribution in [0.2, 0.25) is 5.02 Å². The highest BCUT2D eigenvalue weighted by molar-refractivity contribution is 7.80.